The molecule has 0 aliphatic heterocycles. The fourth-order valence-electron chi connectivity index (χ4n) is 1.49. The van der Waals surface area contributed by atoms with Crippen LogP contribution >= 0.6 is 11.3 Å². The van der Waals surface area contributed by atoms with Crippen LogP contribution in [0.5, 0.6) is 0 Å². The van der Waals surface area contributed by atoms with Gasteiger partial charge in [0.2, 0.25) is 0 Å². The third-order valence-corrected chi connectivity index (χ3v) is 3.27. The van der Waals surface area contributed by atoms with Gasteiger partial charge in [-0.15, -0.1) is 0 Å². The Kier molecular flexibility index (Phi) is 2.67. The van der Waals surface area contributed by atoms with Crippen LogP contribution in [-0.4, -0.2) is 27.2 Å². The quantitative estimate of drug-likeness (QED) is 0.651. The first-order chi connectivity index (χ1) is 8.85. The van der Waals surface area contributed by atoms with E-state index in [0.29, 0.717) is 0 Å². The van der Waals surface area contributed by atoms with E-state index in [1.54, 1.807) is 18.6 Å². The molecule has 5 nitrogen and oxygen atoms in total. The van der Waals surface area contributed by atoms with Crippen LogP contribution in [0.3, 0.4) is 0 Å². The number of hydrogen-bond donors (Lipinski definition) is 2. The summed E-state index contributed by atoms with van der Waals surface area (Å²) in [4.78, 5) is 9.32. The number of H-pyrrole nitrogens is 1. The summed E-state index contributed by atoms with van der Waals surface area (Å²) in [6, 6.07) is 1.96. The number of aromatic nitrogens is 4. The van der Waals surface area contributed by atoms with Gasteiger partial charge in [-0.3, -0.25) is 5.10 Å². The summed E-state index contributed by atoms with van der Waals surface area (Å²) in [5.74, 6) is 6.14. The van der Waals surface area contributed by atoms with Gasteiger partial charge in [0.15, 0.2) is 10.8 Å². The Morgan fingerprint density at radius 3 is 3.00 bits per heavy atom. The van der Waals surface area contributed by atoms with E-state index in [4.69, 9.17) is 0 Å². The van der Waals surface area contributed by atoms with Crippen LogP contribution in [0, 0.1) is 11.8 Å². The second-order valence-electron chi connectivity index (χ2n) is 3.56. The van der Waals surface area contributed by atoms with Crippen molar-refractivity contribution in [2.45, 2.75) is 0 Å². The molecule has 3 rings (SSSR count). The van der Waals surface area contributed by atoms with E-state index in [1.165, 1.54) is 11.3 Å². The molecule has 18 heavy (non-hydrogen) atoms. The highest BCUT2D eigenvalue weighted by Crippen LogP contribution is 2.16. The molecule has 0 fully saturated rings. The van der Waals surface area contributed by atoms with Gasteiger partial charge in [0, 0.05) is 24.2 Å². The topological polar surface area (TPSA) is 66.5 Å². The van der Waals surface area contributed by atoms with Gasteiger partial charge in [-0.25, -0.2) is 9.97 Å². The molecule has 0 spiro atoms. The number of hydrogen-bond acceptors (Lipinski definition) is 5. The number of aromatic amines is 1. The van der Waals surface area contributed by atoms with Crippen LogP contribution in [0.1, 0.15) is 10.4 Å². The lowest BCUT2D eigenvalue weighted by Crippen LogP contribution is -1.83. The van der Waals surface area contributed by atoms with Crippen molar-refractivity contribution in [3.05, 3.63) is 35.1 Å². The van der Waals surface area contributed by atoms with Crippen molar-refractivity contribution < 1.29 is 0 Å². The molecule has 0 radical (unpaired) electrons. The molecule has 3 aromatic heterocycles. The Labute approximate surface area is 107 Å². The molecule has 88 valence electrons. The first-order valence-corrected chi connectivity index (χ1v) is 6.11. The molecular weight excluding hydrogens is 246 g/mol. The smallest absolute Gasteiger partial charge is 0.183 e. The van der Waals surface area contributed by atoms with Gasteiger partial charge in [0.25, 0.3) is 0 Å². The molecule has 0 aliphatic carbocycles. The van der Waals surface area contributed by atoms with Crippen molar-refractivity contribution in [2.24, 2.45) is 0 Å². The summed E-state index contributed by atoms with van der Waals surface area (Å²) in [6.07, 6.45) is 5.22. The minimum absolute atomic E-state index is 0.774. The first-order valence-electron chi connectivity index (χ1n) is 5.30. The fourth-order valence-corrected chi connectivity index (χ4v) is 2.11. The van der Waals surface area contributed by atoms with Crippen molar-refractivity contribution >= 4 is 27.5 Å². The van der Waals surface area contributed by atoms with Crippen LogP contribution in [0.2, 0.25) is 0 Å². The van der Waals surface area contributed by atoms with Gasteiger partial charge in [-0.2, -0.15) is 5.10 Å². The molecule has 2 N–H and O–H groups in total. The van der Waals surface area contributed by atoms with Crippen molar-refractivity contribution in [1.82, 2.24) is 20.2 Å². The Morgan fingerprint density at radius 1 is 1.22 bits per heavy atom. The summed E-state index contributed by atoms with van der Waals surface area (Å²) in [7, 11) is 1.84. The summed E-state index contributed by atoms with van der Waals surface area (Å²) >= 11 is 1.52. The maximum absolute atomic E-state index is 4.23. The molecular formula is C12H9N5S. The van der Waals surface area contributed by atoms with Crippen molar-refractivity contribution in [1.29, 1.82) is 0 Å². The van der Waals surface area contributed by atoms with Gasteiger partial charge < -0.3 is 5.32 Å². The second-order valence-corrected chi connectivity index (χ2v) is 4.59. The monoisotopic (exact) mass is 255 g/mol. The normalized spacial score (nSPS) is 10.1. The third kappa shape index (κ3) is 2.04. The van der Waals surface area contributed by atoms with Crippen LogP contribution in [0.25, 0.3) is 11.0 Å². The SMILES string of the molecule is CNc1ncc(C#Cc2cnc3[nH]ncc3c2)s1. The van der Waals surface area contributed by atoms with E-state index in [2.05, 4.69) is 37.3 Å². The summed E-state index contributed by atoms with van der Waals surface area (Å²) in [5, 5.41) is 11.5. The lowest BCUT2D eigenvalue weighted by atomic mass is 10.2. The first kappa shape index (κ1) is 10.7. The van der Waals surface area contributed by atoms with Crippen molar-refractivity contribution in [3.8, 4) is 11.8 Å². The summed E-state index contributed by atoms with van der Waals surface area (Å²) < 4.78 is 0. The standard InChI is InChI=1S/C12H9N5S/c1-13-12-15-7-10(18-12)3-2-8-4-9-6-16-17-11(9)14-5-8/h4-7H,1H3,(H,13,15)(H,14,16,17). The van der Waals surface area contributed by atoms with E-state index in [9.17, 15) is 0 Å². The Bertz CT molecular complexity index is 746. The van der Waals surface area contributed by atoms with Crippen LogP contribution in [-0.2, 0) is 0 Å². The number of pyridine rings is 1. The molecule has 3 aromatic rings. The number of nitrogens with zero attached hydrogens (tertiary/aromatic N) is 3. The number of anilines is 1. The highest BCUT2D eigenvalue weighted by Gasteiger charge is 1.98. The van der Waals surface area contributed by atoms with Gasteiger partial charge in [-0.1, -0.05) is 17.3 Å². The van der Waals surface area contributed by atoms with Gasteiger partial charge in [0.05, 0.1) is 17.3 Å². The summed E-state index contributed by atoms with van der Waals surface area (Å²) in [6.45, 7) is 0. The Hall–Kier alpha value is -2.39. The Morgan fingerprint density at radius 2 is 2.17 bits per heavy atom. The molecule has 0 bridgehead atoms. The van der Waals surface area contributed by atoms with Crippen molar-refractivity contribution in [2.75, 3.05) is 12.4 Å². The van der Waals surface area contributed by atoms with Gasteiger partial charge >= 0.3 is 0 Å². The predicted molar refractivity (Wildman–Crippen MR) is 71.5 cm³/mol. The molecule has 0 unspecified atom stereocenters. The van der Waals surface area contributed by atoms with Crippen molar-refractivity contribution in [3.63, 3.8) is 0 Å². The number of fused-ring (bicyclic) bond motifs is 1. The van der Waals surface area contributed by atoms with E-state index in [1.807, 2.05) is 13.1 Å². The zero-order valence-corrected chi connectivity index (χ0v) is 10.4. The zero-order chi connectivity index (χ0) is 12.4. The van der Waals surface area contributed by atoms with Crippen LogP contribution in [0.4, 0.5) is 5.13 Å². The summed E-state index contributed by atoms with van der Waals surface area (Å²) in [5.41, 5.74) is 1.64. The molecule has 3 heterocycles. The highest BCUT2D eigenvalue weighted by atomic mass is 32.1. The van der Waals surface area contributed by atoms with Crippen LogP contribution in [0.15, 0.2) is 24.7 Å². The largest absolute Gasteiger partial charge is 0.365 e. The lowest BCUT2D eigenvalue weighted by Gasteiger charge is -1.89. The third-order valence-electron chi connectivity index (χ3n) is 2.34. The van der Waals surface area contributed by atoms with Gasteiger partial charge in [0.1, 0.15) is 0 Å². The zero-order valence-electron chi connectivity index (χ0n) is 9.56. The number of thiazole rings is 1. The van der Waals surface area contributed by atoms with E-state index in [0.717, 1.165) is 26.6 Å². The van der Waals surface area contributed by atoms with E-state index in [-0.39, 0.29) is 0 Å². The number of rotatable bonds is 1. The minimum Gasteiger partial charge on any atom is -0.365 e. The molecule has 0 amide bonds. The maximum Gasteiger partial charge on any atom is 0.183 e. The van der Waals surface area contributed by atoms with Crippen LogP contribution < -0.4 is 5.32 Å². The number of nitrogens with one attached hydrogen (secondary N) is 2. The van der Waals surface area contributed by atoms with Gasteiger partial charge in [-0.05, 0) is 12.0 Å². The Balaban J connectivity index is 1.91. The highest BCUT2D eigenvalue weighted by molar-refractivity contribution is 7.16. The maximum atomic E-state index is 4.23. The molecule has 0 atom stereocenters. The second kappa shape index (κ2) is 4.47. The molecule has 0 saturated carbocycles. The predicted octanol–water partition coefficient (Wildman–Crippen LogP) is 1.86. The molecule has 0 aromatic carbocycles. The lowest BCUT2D eigenvalue weighted by molar-refractivity contribution is 1.10. The average molecular weight is 255 g/mol. The minimum atomic E-state index is 0.774. The average Bonchev–Trinajstić information content (AvgIpc) is 3.04. The molecule has 0 saturated heterocycles. The van der Waals surface area contributed by atoms with E-state index >= 15 is 0 Å². The fraction of sp³-hybridized carbons (Fsp3) is 0.0833. The van der Waals surface area contributed by atoms with E-state index < -0.39 is 0 Å². The molecule has 0 aliphatic rings. The molecule has 6 heteroatoms.